The van der Waals surface area contributed by atoms with E-state index >= 15 is 0 Å². The topological polar surface area (TPSA) is 52.7 Å². The Kier molecular flexibility index (Phi) is 6.12. The molecule has 1 heterocycles. The lowest BCUT2D eigenvalue weighted by Crippen LogP contribution is -2.21. The Morgan fingerprint density at radius 1 is 0.963 bits per heavy atom. The van der Waals surface area contributed by atoms with Crippen LogP contribution >= 0.6 is 0 Å². The van der Waals surface area contributed by atoms with Crippen LogP contribution < -0.4 is 10.2 Å². The molecule has 0 radical (unpaired) electrons. The monoisotopic (exact) mass is 365 g/mol. The maximum absolute atomic E-state index is 12.2. The number of hydrogen-bond donors (Lipinski definition) is 1. The van der Waals surface area contributed by atoms with Crippen LogP contribution in [0.2, 0.25) is 0 Å². The van der Waals surface area contributed by atoms with Crippen molar-refractivity contribution in [1.29, 1.82) is 0 Å². The second-order valence-electron chi connectivity index (χ2n) is 7.19. The maximum Gasteiger partial charge on any atom is 0.253 e. The van der Waals surface area contributed by atoms with E-state index in [1.165, 1.54) is 18.5 Å². The Hall–Kier alpha value is -2.82. The van der Waals surface area contributed by atoms with Gasteiger partial charge in [0.05, 0.1) is 0 Å². The highest BCUT2D eigenvalue weighted by Gasteiger charge is 2.12. The van der Waals surface area contributed by atoms with Crippen LogP contribution in [-0.2, 0) is 11.2 Å². The number of rotatable bonds is 6. The van der Waals surface area contributed by atoms with Gasteiger partial charge in [-0.2, -0.15) is 0 Å². The van der Waals surface area contributed by atoms with E-state index in [2.05, 4.69) is 22.3 Å². The van der Waals surface area contributed by atoms with E-state index in [4.69, 9.17) is 0 Å². The molecule has 5 nitrogen and oxygen atoms in total. The fourth-order valence-corrected chi connectivity index (χ4v) is 3.28. The van der Waals surface area contributed by atoms with E-state index in [1.807, 2.05) is 36.4 Å². The Bertz CT molecular complexity index is 776. The number of anilines is 2. The molecule has 0 saturated carbocycles. The first-order valence-electron chi connectivity index (χ1n) is 9.48. The first kappa shape index (κ1) is 19.0. The Labute approximate surface area is 161 Å². The second kappa shape index (κ2) is 8.71. The molecule has 0 atom stereocenters. The van der Waals surface area contributed by atoms with E-state index in [0.717, 1.165) is 24.3 Å². The lowest BCUT2D eigenvalue weighted by Gasteiger charge is -2.17. The standard InChI is InChI=1S/C22H27N3O2/c1-24(2)22(27)18-8-5-17(6-9-18)7-14-21(26)23-19-10-12-20(13-11-19)25-15-3-4-16-25/h5-6,8-13H,3-4,7,14-16H2,1-2H3,(H,23,26). The van der Waals surface area contributed by atoms with Crippen LogP contribution in [0.5, 0.6) is 0 Å². The molecule has 1 aliphatic heterocycles. The molecule has 27 heavy (non-hydrogen) atoms. The number of carbonyl (C=O) groups excluding carboxylic acids is 2. The zero-order valence-electron chi connectivity index (χ0n) is 16.1. The SMILES string of the molecule is CN(C)C(=O)c1ccc(CCC(=O)Nc2ccc(N3CCCC3)cc2)cc1. The van der Waals surface area contributed by atoms with Crippen LogP contribution in [0.15, 0.2) is 48.5 Å². The fourth-order valence-electron chi connectivity index (χ4n) is 3.28. The predicted octanol–water partition coefficient (Wildman–Crippen LogP) is 3.56. The van der Waals surface area contributed by atoms with Gasteiger partial charge in [0.25, 0.3) is 5.91 Å². The summed E-state index contributed by atoms with van der Waals surface area (Å²) in [6.45, 7) is 2.23. The zero-order chi connectivity index (χ0) is 19.2. The molecule has 2 amide bonds. The van der Waals surface area contributed by atoms with Gasteiger partial charge in [-0.25, -0.2) is 0 Å². The Morgan fingerprint density at radius 3 is 2.19 bits per heavy atom. The van der Waals surface area contributed by atoms with Crippen LogP contribution in [0.25, 0.3) is 0 Å². The Balaban J connectivity index is 1.48. The molecule has 1 saturated heterocycles. The number of nitrogens with zero attached hydrogens (tertiary/aromatic N) is 2. The van der Waals surface area contributed by atoms with Crippen LogP contribution in [0, 0.1) is 0 Å². The van der Waals surface area contributed by atoms with Crippen molar-refractivity contribution in [3.05, 3.63) is 59.7 Å². The summed E-state index contributed by atoms with van der Waals surface area (Å²) in [4.78, 5) is 28.0. The normalized spacial score (nSPS) is 13.5. The predicted molar refractivity (Wildman–Crippen MR) is 109 cm³/mol. The highest BCUT2D eigenvalue weighted by atomic mass is 16.2. The highest BCUT2D eigenvalue weighted by molar-refractivity contribution is 5.94. The summed E-state index contributed by atoms with van der Waals surface area (Å²) in [6, 6.07) is 15.5. The molecule has 1 N–H and O–H groups in total. The summed E-state index contributed by atoms with van der Waals surface area (Å²) < 4.78 is 0. The van der Waals surface area contributed by atoms with Crippen molar-refractivity contribution in [2.24, 2.45) is 0 Å². The van der Waals surface area contributed by atoms with Crippen molar-refractivity contribution in [2.75, 3.05) is 37.4 Å². The third-order valence-corrected chi connectivity index (χ3v) is 4.87. The first-order chi connectivity index (χ1) is 13.0. The van der Waals surface area contributed by atoms with Crippen LogP contribution in [0.4, 0.5) is 11.4 Å². The van der Waals surface area contributed by atoms with Gasteiger partial charge in [-0.05, 0) is 61.2 Å². The number of amides is 2. The molecular formula is C22H27N3O2. The van der Waals surface area contributed by atoms with Gasteiger partial charge in [-0.3, -0.25) is 9.59 Å². The number of hydrogen-bond acceptors (Lipinski definition) is 3. The van der Waals surface area contributed by atoms with E-state index < -0.39 is 0 Å². The molecule has 2 aromatic carbocycles. The molecule has 1 aliphatic rings. The average Bonchev–Trinajstić information content (AvgIpc) is 3.21. The van der Waals surface area contributed by atoms with E-state index in [1.54, 1.807) is 19.0 Å². The summed E-state index contributed by atoms with van der Waals surface area (Å²) in [6.07, 6.45) is 3.56. The summed E-state index contributed by atoms with van der Waals surface area (Å²) in [5, 5.41) is 2.96. The van der Waals surface area contributed by atoms with Crippen molar-refractivity contribution in [3.8, 4) is 0 Å². The van der Waals surface area contributed by atoms with Crippen molar-refractivity contribution < 1.29 is 9.59 Å². The van der Waals surface area contributed by atoms with Gasteiger partial charge in [0.15, 0.2) is 0 Å². The summed E-state index contributed by atoms with van der Waals surface area (Å²) in [5.41, 5.74) is 3.75. The minimum absolute atomic E-state index is 0.00244. The molecule has 1 fully saturated rings. The number of benzene rings is 2. The van der Waals surface area contributed by atoms with E-state index in [0.29, 0.717) is 18.4 Å². The quantitative estimate of drug-likeness (QED) is 0.852. The molecule has 5 heteroatoms. The summed E-state index contributed by atoms with van der Waals surface area (Å²) in [5.74, 6) is -0.0194. The minimum atomic E-state index is -0.0170. The molecule has 0 bridgehead atoms. The largest absolute Gasteiger partial charge is 0.372 e. The van der Waals surface area contributed by atoms with Gasteiger partial charge in [0.2, 0.25) is 5.91 Å². The number of carbonyl (C=O) groups is 2. The number of nitrogens with one attached hydrogen (secondary N) is 1. The average molecular weight is 365 g/mol. The van der Waals surface area contributed by atoms with Gasteiger partial charge in [-0.15, -0.1) is 0 Å². The lowest BCUT2D eigenvalue weighted by atomic mass is 10.1. The van der Waals surface area contributed by atoms with Crippen LogP contribution in [0.3, 0.4) is 0 Å². The molecule has 0 aromatic heterocycles. The molecule has 3 rings (SSSR count). The Morgan fingerprint density at radius 2 is 1.59 bits per heavy atom. The van der Waals surface area contributed by atoms with E-state index in [-0.39, 0.29) is 11.8 Å². The van der Waals surface area contributed by atoms with Crippen molar-refractivity contribution in [2.45, 2.75) is 25.7 Å². The molecule has 0 aliphatic carbocycles. The third kappa shape index (κ3) is 5.09. The smallest absolute Gasteiger partial charge is 0.253 e. The van der Waals surface area contributed by atoms with Gasteiger partial charge in [0.1, 0.15) is 0 Å². The molecule has 142 valence electrons. The molecular weight excluding hydrogens is 338 g/mol. The zero-order valence-corrected chi connectivity index (χ0v) is 16.1. The van der Waals surface area contributed by atoms with Gasteiger partial charge < -0.3 is 15.1 Å². The maximum atomic E-state index is 12.2. The third-order valence-electron chi connectivity index (χ3n) is 4.87. The van der Waals surface area contributed by atoms with Crippen LogP contribution in [0.1, 0.15) is 35.2 Å². The van der Waals surface area contributed by atoms with Gasteiger partial charge in [-0.1, -0.05) is 12.1 Å². The van der Waals surface area contributed by atoms with E-state index in [9.17, 15) is 9.59 Å². The van der Waals surface area contributed by atoms with Gasteiger partial charge in [0, 0.05) is 50.5 Å². The van der Waals surface area contributed by atoms with Gasteiger partial charge >= 0.3 is 0 Å². The van der Waals surface area contributed by atoms with Crippen molar-refractivity contribution in [1.82, 2.24) is 4.90 Å². The second-order valence-corrected chi connectivity index (χ2v) is 7.19. The highest BCUT2D eigenvalue weighted by Crippen LogP contribution is 2.22. The molecule has 0 spiro atoms. The minimum Gasteiger partial charge on any atom is -0.372 e. The molecule has 2 aromatic rings. The van der Waals surface area contributed by atoms with Crippen molar-refractivity contribution >= 4 is 23.2 Å². The fraction of sp³-hybridized carbons (Fsp3) is 0.364. The molecule has 0 unspecified atom stereocenters. The van der Waals surface area contributed by atoms with Crippen LogP contribution in [-0.4, -0.2) is 43.9 Å². The lowest BCUT2D eigenvalue weighted by molar-refractivity contribution is -0.116. The summed E-state index contributed by atoms with van der Waals surface area (Å²) in [7, 11) is 3.47. The summed E-state index contributed by atoms with van der Waals surface area (Å²) >= 11 is 0. The first-order valence-corrected chi connectivity index (χ1v) is 9.48. The van der Waals surface area contributed by atoms with Crippen molar-refractivity contribution in [3.63, 3.8) is 0 Å². The number of aryl methyl sites for hydroxylation is 1.